The Morgan fingerprint density at radius 3 is 2.31 bits per heavy atom. The van der Waals surface area contributed by atoms with Gasteiger partial charge in [0.2, 0.25) is 0 Å². The number of hydrogen-bond donors (Lipinski definition) is 2. The number of nitrogens with zero attached hydrogens (tertiary/aromatic N) is 1. The van der Waals surface area contributed by atoms with Crippen molar-refractivity contribution in [1.29, 1.82) is 0 Å². The number of fused-ring (bicyclic) bond motifs is 3. The maximum absolute atomic E-state index is 12.3. The van der Waals surface area contributed by atoms with Gasteiger partial charge in [0, 0.05) is 23.4 Å². The first kappa shape index (κ1) is 19.4. The predicted molar refractivity (Wildman–Crippen MR) is 110 cm³/mol. The van der Waals surface area contributed by atoms with Crippen molar-refractivity contribution in [2.75, 3.05) is 6.61 Å². The molecule has 29 heavy (non-hydrogen) atoms. The number of halogens is 1. The molecule has 3 aromatic rings. The van der Waals surface area contributed by atoms with Gasteiger partial charge in [0.25, 0.3) is 0 Å². The topological polar surface area (TPSA) is 88.5 Å². The van der Waals surface area contributed by atoms with Gasteiger partial charge in [-0.05, 0) is 22.3 Å². The number of carbonyl (C=O) groups is 2. The fourth-order valence-corrected chi connectivity index (χ4v) is 4.58. The molecule has 1 aliphatic carbocycles. The van der Waals surface area contributed by atoms with E-state index >= 15 is 0 Å². The molecule has 4 rings (SSSR count). The number of thiazole rings is 1. The smallest absolute Gasteiger partial charge is 0.407 e. The standard InChI is InChI=1S/C21H17ClN2O4S/c22-20-23-10-12(29-20)9-18(19(25)26)24-21(27)28-11-17-15-7-3-1-5-13(15)14-6-2-4-8-16(14)17/h1-8,10,17-18H,9,11H2,(H,24,27)(H,25,26). The quantitative estimate of drug-likeness (QED) is 0.610. The third-order valence-electron chi connectivity index (χ3n) is 4.86. The van der Waals surface area contributed by atoms with E-state index in [0.29, 0.717) is 9.34 Å². The minimum Gasteiger partial charge on any atom is -0.480 e. The summed E-state index contributed by atoms with van der Waals surface area (Å²) in [6.07, 6.45) is 0.821. The Balaban J connectivity index is 1.43. The number of alkyl carbamates (subject to hydrolysis) is 1. The number of rotatable bonds is 6. The van der Waals surface area contributed by atoms with Crippen LogP contribution in [0.25, 0.3) is 11.1 Å². The maximum atomic E-state index is 12.3. The number of aliphatic carboxylic acids is 1. The van der Waals surface area contributed by atoms with Crippen LogP contribution in [0.1, 0.15) is 21.9 Å². The normalized spacial score (nSPS) is 13.4. The molecule has 1 atom stereocenters. The minimum absolute atomic E-state index is 0.0864. The summed E-state index contributed by atoms with van der Waals surface area (Å²) in [5.74, 6) is -1.24. The highest BCUT2D eigenvalue weighted by atomic mass is 35.5. The van der Waals surface area contributed by atoms with Crippen LogP contribution in [-0.4, -0.2) is 34.8 Å². The highest BCUT2D eigenvalue weighted by Gasteiger charge is 2.29. The monoisotopic (exact) mass is 428 g/mol. The van der Waals surface area contributed by atoms with Crippen LogP contribution in [0.4, 0.5) is 4.79 Å². The molecule has 1 amide bonds. The Morgan fingerprint density at radius 2 is 1.76 bits per heavy atom. The molecule has 6 nitrogen and oxygen atoms in total. The summed E-state index contributed by atoms with van der Waals surface area (Å²) in [4.78, 5) is 28.4. The lowest BCUT2D eigenvalue weighted by Gasteiger charge is -2.17. The van der Waals surface area contributed by atoms with Crippen molar-refractivity contribution in [2.45, 2.75) is 18.4 Å². The number of benzene rings is 2. The summed E-state index contributed by atoms with van der Waals surface area (Å²) >= 11 is 6.96. The summed E-state index contributed by atoms with van der Waals surface area (Å²) in [6.45, 7) is 0.124. The molecule has 0 aliphatic heterocycles. The van der Waals surface area contributed by atoms with Crippen LogP contribution in [0, 0.1) is 0 Å². The fraction of sp³-hybridized carbons (Fsp3) is 0.190. The second-order valence-electron chi connectivity index (χ2n) is 6.64. The molecular weight excluding hydrogens is 412 g/mol. The number of carboxylic acids is 1. The zero-order chi connectivity index (χ0) is 20.4. The van der Waals surface area contributed by atoms with E-state index in [1.165, 1.54) is 17.5 Å². The van der Waals surface area contributed by atoms with E-state index in [1.807, 2.05) is 36.4 Å². The molecular formula is C21H17ClN2O4S. The molecule has 1 unspecified atom stereocenters. The van der Waals surface area contributed by atoms with Crippen molar-refractivity contribution >= 4 is 35.0 Å². The van der Waals surface area contributed by atoms with Gasteiger partial charge < -0.3 is 15.2 Å². The molecule has 0 radical (unpaired) electrons. The number of carboxylic acid groups (broad SMARTS) is 1. The van der Waals surface area contributed by atoms with Crippen LogP contribution < -0.4 is 5.32 Å². The van der Waals surface area contributed by atoms with E-state index in [9.17, 15) is 14.7 Å². The molecule has 0 saturated heterocycles. The first-order valence-corrected chi connectivity index (χ1v) is 10.2. The van der Waals surface area contributed by atoms with Crippen LogP contribution in [0.5, 0.6) is 0 Å². The van der Waals surface area contributed by atoms with Crippen LogP contribution in [0.2, 0.25) is 4.47 Å². The zero-order valence-corrected chi connectivity index (χ0v) is 16.7. The third kappa shape index (κ3) is 4.11. The SMILES string of the molecule is O=C(NC(Cc1cnc(Cl)s1)C(=O)O)OCC1c2ccccc2-c2ccccc21. The summed E-state index contributed by atoms with van der Waals surface area (Å²) in [5.41, 5.74) is 4.44. The molecule has 0 bridgehead atoms. The van der Waals surface area contributed by atoms with Gasteiger partial charge in [0.15, 0.2) is 4.47 Å². The first-order valence-electron chi connectivity index (χ1n) is 8.97. The number of aromatic nitrogens is 1. The van der Waals surface area contributed by atoms with Crippen molar-refractivity contribution in [1.82, 2.24) is 10.3 Å². The highest BCUT2D eigenvalue weighted by molar-refractivity contribution is 7.15. The van der Waals surface area contributed by atoms with Crippen molar-refractivity contribution in [3.63, 3.8) is 0 Å². The van der Waals surface area contributed by atoms with Crippen LogP contribution in [-0.2, 0) is 16.0 Å². The minimum atomic E-state index is -1.15. The van der Waals surface area contributed by atoms with Crippen LogP contribution in [0.3, 0.4) is 0 Å². The van der Waals surface area contributed by atoms with Gasteiger partial charge in [-0.1, -0.05) is 60.1 Å². The van der Waals surface area contributed by atoms with Gasteiger partial charge in [-0.25, -0.2) is 14.6 Å². The first-order chi connectivity index (χ1) is 14.0. The second kappa shape index (κ2) is 8.23. The third-order valence-corrected chi connectivity index (χ3v) is 6.00. The van der Waals surface area contributed by atoms with E-state index in [-0.39, 0.29) is 18.9 Å². The van der Waals surface area contributed by atoms with Gasteiger partial charge in [0.05, 0.1) is 0 Å². The average molecular weight is 429 g/mol. The lowest BCUT2D eigenvalue weighted by atomic mass is 9.98. The molecule has 2 N–H and O–H groups in total. The van der Waals surface area contributed by atoms with E-state index in [4.69, 9.17) is 16.3 Å². The van der Waals surface area contributed by atoms with Crippen LogP contribution in [0.15, 0.2) is 54.7 Å². The van der Waals surface area contributed by atoms with Crippen molar-refractivity contribution in [3.8, 4) is 11.1 Å². The van der Waals surface area contributed by atoms with Gasteiger partial charge in [-0.2, -0.15) is 0 Å². The Morgan fingerprint density at radius 1 is 1.14 bits per heavy atom. The molecule has 1 heterocycles. The molecule has 1 aliphatic rings. The maximum Gasteiger partial charge on any atom is 0.407 e. The van der Waals surface area contributed by atoms with Gasteiger partial charge in [-0.3, -0.25) is 0 Å². The zero-order valence-electron chi connectivity index (χ0n) is 15.2. The molecule has 0 fully saturated rings. The van der Waals surface area contributed by atoms with E-state index < -0.39 is 18.1 Å². The predicted octanol–water partition coefficient (Wildman–Crippen LogP) is 4.33. The number of carbonyl (C=O) groups excluding carboxylic acids is 1. The largest absolute Gasteiger partial charge is 0.480 e. The fourth-order valence-electron chi connectivity index (χ4n) is 3.56. The van der Waals surface area contributed by atoms with E-state index in [1.54, 1.807) is 0 Å². The Kier molecular flexibility index (Phi) is 5.51. The van der Waals surface area contributed by atoms with Gasteiger partial charge >= 0.3 is 12.1 Å². The highest BCUT2D eigenvalue weighted by Crippen LogP contribution is 2.44. The molecule has 8 heteroatoms. The Hall–Kier alpha value is -2.90. The summed E-state index contributed by atoms with van der Waals surface area (Å²) < 4.78 is 5.74. The van der Waals surface area contributed by atoms with Crippen molar-refractivity contribution in [2.24, 2.45) is 0 Å². The number of nitrogens with one attached hydrogen (secondary N) is 1. The lowest BCUT2D eigenvalue weighted by molar-refractivity contribution is -0.139. The number of ether oxygens (including phenoxy) is 1. The Labute approximate surface area is 176 Å². The Bertz CT molecular complexity index is 1020. The average Bonchev–Trinajstić information content (AvgIpc) is 3.27. The molecule has 1 aromatic heterocycles. The molecule has 0 saturated carbocycles. The number of amides is 1. The van der Waals surface area contributed by atoms with Crippen molar-refractivity contribution in [3.05, 3.63) is 75.2 Å². The lowest BCUT2D eigenvalue weighted by Crippen LogP contribution is -2.42. The van der Waals surface area contributed by atoms with Gasteiger partial charge in [0.1, 0.15) is 12.6 Å². The molecule has 2 aromatic carbocycles. The number of hydrogen-bond acceptors (Lipinski definition) is 5. The van der Waals surface area contributed by atoms with Crippen molar-refractivity contribution < 1.29 is 19.4 Å². The molecule has 0 spiro atoms. The summed E-state index contributed by atoms with van der Waals surface area (Å²) in [7, 11) is 0. The summed E-state index contributed by atoms with van der Waals surface area (Å²) in [6, 6.07) is 14.9. The molecule has 148 valence electrons. The van der Waals surface area contributed by atoms with Crippen LogP contribution >= 0.6 is 22.9 Å². The van der Waals surface area contributed by atoms with E-state index in [2.05, 4.69) is 22.4 Å². The van der Waals surface area contributed by atoms with Gasteiger partial charge in [-0.15, -0.1) is 11.3 Å². The van der Waals surface area contributed by atoms with E-state index in [0.717, 1.165) is 22.3 Å². The summed E-state index contributed by atoms with van der Waals surface area (Å²) in [5, 5.41) is 11.8. The second-order valence-corrected chi connectivity index (χ2v) is 8.34.